The van der Waals surface area contributed by atoms with Crippen molar-refractivity contribution in [3.8, 4) is 0 Å². The Kier molecular flexibility index (Phi) is 3.42. The van der Waals surface area contributed by atoms with Gasteiger partial charge in [0, 0.05) is 36.8 Å². The second-order valence-corrected chi connectivity index (χ2v) is 4.81. The molecule has 0 bridgehead atoms. The molecule has 2 aromatic rings. The second-order valence-electron chi connectivity index (χ2n) is 4.81. The molecule has 0 saturated carbocycles. The van der Waals surface area contributed by atoms with Crippen LogP contribution in [0.5, 0.6) is 0 Å². The lowest BCUT2D eigenvalue weighted by molar-refractivity contribution is 0.0766. The summed E-state index contributed by atoms with van der Waals surface area (Å²) in [6.07, 6.45) is 2.78. The summed E-state index contributed by atoms with van der Waals surface area (Å²) >= 11 is 0. The molecule has 1 aromatic heterocycles. The number of carbonyl (C=O) groups is 1. The van der Waals surface area contributed by atoms with Crippen LogP contribution in [0.4, 0.5) is 0 Å². The van der Waals surface area contributed by atoms with Gasteiger partial charge in [0.15, 0.2) is 0 Å². The van der Waals surface area contributed by atoms with E-state index in [1.54, 1.807) is 6.20 Å². The minimum absolute atomic E-state index is 0.120. The van der Waals surface area contributed by atoms with Crippen LogP contribution >= 0.6 is 0 Å². The summed E-state index contributed by atoms with van der Waals surface area (Å²) in [6, 6.07) is 9.60. The summed E-state index contributed by atoms with van der Waals surface area (Å²) < 4.78 is 0. The second kappa shape index (κ2) is 5.36. The quantitative estimate of drug-likeness (QED) is 0.843. The van der Waals surface area contributed by atoms with Crippen LogP contribution < -0.4 is 5.32 Å². The molecular weight excluding hydrogens is 238 g/mol. The summed E-state index contributed by atoms with van der Waals surface area (Å²) in [7, 11) is 0. The molecule has 1 fully saturated rings. The third-order valence-electron chi connectivity index (χ3n) is 3.48. The number of nitrogens with one attached hydrogen (secondary N) is 1. The fraction of sp³-hybridized carbons (Fsp3) is 0.333. The summed E-state index contributed by atoms with van der Waals surface area (Å²) in [5.41, 5.74) is 1.68. The van der Waals surface area contributed by atoms with Gasteiger partial charge in [-0.2, -0.15) is 0 Å². The van der Waals surface area contributed by atoms with E-state index >= 15 is 0 Å². The zero-order chi connectivity index (χ0) is 13.1. The van der Waals surface area contributed by atoms with E-state index in [4.69, 9.17) is 0 Å². The molecule has 0 radical (unpaired) electrons. The van der Waals surface area contributed by atoms with Crippen LogP contribution in [-0.2, 0) is 0 Å². The van der Waals surface area contributed by atoms with E-state index in [1.165, 1.54) is 0 Å². The van der Waals surface area contributed by atoms with Gasteiger partial charge in [-0.05, 0) is 37.2 Å². The molecule has 0 unspecified atom stereocenters. The van der Waals surface area contributed by atoms with Gasteiger partial charge in [0.2, 0.25) is 0 Å². The molecule has 4 heteroatoms. The first-order chi connectivity index (χ1) is 9.34. The molecular formula is C15H17N3O. The summed E-state index contributed by atoms with van der Waals surface area (Å²) in [5.74, 6) is 0.120. The number of hydrogen-bond donors (Lipinski definition) is 1. The molecule has 1 saturated heterocycles. The Morgan fingerprint density at radius 1 is 1.21 bits per heavy atom. The number of aromatic nitrogens is 1. The van der Waals surface area contributed by atoms with E-state index in [-0.39, 0.29) is 5.91 Å². The molecule has 1 aromatic carbocycles. The van der Waals surface area contributed by atoms with Gasteiger partial charge in [-0.1, -0.05) is 6.07 Å². The average molecular weight is 255 g/mol. The predicted molar refractivity (Wildman–Crippen MR) is 75.1 cm³/mol. The van der Waals surface area contributed by atoms with Crippen LogP contribution in [0.3, 0.4) is 0 Å². The maximum Gasteiger partial charge on any atom is 0.253 e. The van der Waals surface area contributed by atoms with Gasteiger partial charge in [-0.25, -0.2) is 0 Å². The van der Waals surface area contributed by atoms with Gasteiger partial charge in [0.05, 0.1) is 5.52 Å². The Hall–Kier alpha value is -1.94. The molecule has 1 amide bonds. The molecule has 3 rings (SSSR count). The van der Waals surface area contributed by atoms with Crippen LogP contribution in [0.1, 0.15) is 16.8 Å². The number of carbonyl (C=O) groups excluding carboxylic acids is 1. The average Bonchev–Trinajstić information content (AvgIpc) is 2.75. The minimum Gasteiger partial charge on any atom is -0.337 e. The van der Waals surface area contributed by atoms with Crippen molar-refractivity contribution in [2.75, 3.05) is 26.2 Å². The van der Waals surface area contributed by atoms with E-state index in [0.29, 0.717) is 0 Å². The van der Waals surface area contributed by atoms with Gasteiger partial charge in [-0.3, -0.25) is 9.78 Å². The summed E-state index contributed by atoms with van der Waals surface area (Å²) in [6.45, 7) is 3.48. The Labute approximate surface area is 112 Å². The third-order valence-corrected chi connectivity index (χ3v) is 3.48. The number of rotatable bonds is 1. The van der Waals surface area contributed by atoms with E-state index in [1.807, 2.05) is 35.2 Å². The van der Waals surface area contributed by atoms with E-state index in [9.17, 15) is 4.79 Å². The highest BCUT2D eigenvalue weighted by Crippen LogP contribution is 2.15. The normalized spacial score (nSPS) is 16.3. The van der Waals surface area contributed by atoms with Gasteiger partial charge in [-0.15, -0.1) is 0 Å². The number of fused-ring (bicyclic) bond motifs is 1. The van der Waals surface area contributed by atoms with Crippen molar-refractivity contribution < 1.29 is 4.79 Å². The number of nitrogens with zero attached hydrogens (tertiary/aromatic N) is 2. The number of benzene rings is 1. The topological polar surface area (TPSA) is 45.2 Å². The van der Waals surface area contributed by atoms with Gasteiger partial charge in [0.25, 0.3) is 5.91 Å². The summed E-state index contributed by atoms with van der Waals surface area (Å²) in [5, 5.41) is 4.32. The van der Waals surface area contributed by atoms with Crippen molar-refractivity contribution in [1.82, 2.24) is 15.2 Å². The molecule has 1 N–H and O–H groups in total. The molecule has 0 spiro atoms. The lowest BCUT2D eigenvalue weighted by Gasteiger charge is -2.20. The van der Waals surface area contributed by atoms with Crippen molar-refractivity contribution >= 4 is 16.8 Å². The van der Waals surface area contributed by atoms with Gasteiger partial charge in [0.1, 0.15) is 0 Å². The highest BCUT2D eigenvalue weighted by Gasteiger charge is 2.17. The van der Waals surface area contributed by atoms with E-state index < -0.39 is 0 Å². The Balaban J connectivity index is 1.88. The Morgan fingerprint density at radius 3 is 3.11 bits per heavy atom. The van der Waals surface area contributed by atoms with Crippen molar-refractivity contribution in [2.45, 2.75) is 6.42 Å². The molecule has 98 valence electrons. The standard InChI is InChI=1S/C15H17N3O/c19-15(18-9-2-6-16-8-10-18)13-4-5-14-12(11-13)3-1-7-17-14/h1,3-5,7,11,16H,2,6,8-10H2. The smallest absolute Gasteiger partial charge is 0.253 e. The van der Waals surface area contributed by atoms with Crippen LogP contribution in [0.2, 0.25) is 0 Å². The predicted octanol–water partition coefficient (Wildman–Crippen LogP) is 1.67. The Bertz CT molecular complexity index is 589. The van der Waals surface area contributed by atoms with Crippen molar-refractivity contribution in [3.63, 3.8) is 0 Å². The maximum atomic E-state index is 12.5. The van der Waals surface area contributed by atoms with Crippen molar-refractivity contribution in [2.24, 2.45) is 0 Å². The molecule has 1 aliphatic rings. The van der Waals surface area contributed by atoms with Crippen molar-refractivity contribution in [3.05, 3.63) is 42.1 Å². The third kappa shape index (κ3) is 2.58. The highest BCUT2D eigenvalue weighted by atomic mass is 16.2. The van der Waals surface area contributed by atoms with Gasteiger partial charge < -0.3 is 10.2 Å². The maximum absolute atomic E-state index is 12.5. The first-order valence-corrected chi connectivity index (χ1v) is 6.69. The molecule has 4 nitrogen and oxygen atoms in total. The SMILES string of the molecule is O=C(c1ccc2ncccc2c1)N1CCCNCC1. The zero-order valence-electron chi connectivity index (χ0n) is 10.8. The van der Waals surface area contributed by atoms with E-state index in [2.05, 4.69) is 10.3 Å². The monoisotopic (exact) mass is 255 g/mol. The number of hydrogen-bond acceptors (Lipinski definition) is 3. The minimum atomic E-state index is 0.120. The molecule has 19 heavy (non-hydrogen) atoms. The fourth-order valence-corrected chi connectivity index (χ4v) is 2.44. The Morgan fingerprint density at radius 2 is 2.16 bits per heavy atom. The first kappa shape index (κ1) is 12.1. The fourth-order valence-electron chi connectivity index (χ4n) is 2.44. The van der Waals surface area contributed by atoms with Crippen LogP contribution in [0, 0.1) is 0 Å². The molecule has 1 aliphatic heterocycles. The molecule has 2 heterocycles. The van der Waals surface area contributed by atoms with E-state index in [0.717, 1.165) is 49.1 Å². The lowest BCUT2D eigenvalue weighted by atomic mass is 10.1. The number of amides is 1. The molecule has 0 aliphatic carbocycles. The van der Waals surface area contributed by atoms with Crippen molar-refractivity contribution in [1.29, 1.82) is 0 Å². The van der Waals surface area contributed by atoms with Crippen LogP contribution in [-0.4, -0.2) is 42.0 Å². The van der Waals surface area contributed by atoms with Crippen LogP contribution in [0.25, 0.3) is 10.9 Å². The van der Waals surface area contributed by atoms with Gasteiger partial charge >= 0.3 is 0 Å². The largest absolute Gasteiger partial charge is 0.337 e. The summed E-state index contributed by atoms with van der Waals surface area (Å²) in [4.78, 5) is 18.7. The highest BCUT2D eigenvalue weighted by molar-refractivity contribution is 5.97. The zero-order valence-corrected chi connectivity index (χ0v) is 10.8. The first-order valence-electron chi connectivity index (χ1n) is 6.69. The lowest BCUT2D eigenvalue weighted by Crippen LogP contribution is -2.34. The van der Waals surface area contributed by atoms with Crippen LogP contribution in [0.15, 0.2) is 36.5 Å². The molecule has 0 atom stereocenters. The number of pyridine rings is 1.